The third-order valence-corrected chi connectivity index (χ3v) is 4.36. The van der Waals surface area contributed by atoms with Crippen molar-refractivity contribution in [2.75, 3.05) is 18.5 Å². The van der Waals surface area contributed by atoms with Crippen LogP contribution >= 0.6 is 0 Å². The number of nitrogens with zero attached hydrogens (tertiary/aromatic N) is 4. The van der Waals surface area contributed by atoms with Gasteiger partial charge in [-0.25, -0.2) is 14.6 Å². The molecule has 0 spiro atoms. The molecule has 3 heterocycles. The first-order valence-electron chi connectivity index (χ1n) is 7.93. The molecule has 2 unspecified atom stereocenters. The lowest BCUT2D eigenvalue weighted by molar-refractivity contribution is 0.182. The Kier molecular flexibility index (Phi) is 3.57. The zero-order chi connectivity index (χ0) is 15.8. The van der Waals surface area contributed by atoms with Crippen LogP contribution in [0.4, 0.5) is 5.95 Å². The summed E-state index contributed by atoms with van der Waals surface area (Å²) >= 11 is 0. The number of aryl methyl sites for hydroxylation is 1. The minimum Gasteiger partial charge on any atom is -0.377 e. The molecule has 2 aliphatic rings. The average Bonchev–Trinajstić information content (AvgIpc) is 3.31. The largest absolute Gasteiger partial charge is 0.377 e. The highest BCUT2D eigenvalue weighted by atomic mass is 16.5. The molecule has 2 fully saturated rings. The van der Waals surface area contributed by atoms with Crippen LogP contribution in [0.1, 0.15) is 36.1 Å². The molecule has 2 aromatic rings. The van der Waals surface area contributed by atoms with E-state index in [0.717, 1.165) is 5.69 Å². The summed E-state index contributed by atoms with van der Waals surface area (Å²) in [5.41, 5.74) is 1.88. The summed E-state index contributed by atoms with van der Waals surface area (Å²) in [6.45, 7) is 2.82. The molecular weight excluding hydrogens is 294 g/mol. The van der Waals surface area contributed by atoms with E-state index in [1.165, 1.54) is 23.1 Å². The Labute approximate surface area is 133 Å². The number of rotatable bonds is 4. The second-order valence-electron chi connectivity index (χ2n) is 6.23. The van der Waals surface area contributed by atoms with Crippen LogP contribution in [-0.2, 0) is 4.74 Å². The minimum absolute atomic E-state index is 0.0752. The molecule has 1 saturated carbocycles. The number of ether oxygens (including phenoxy) is 1. The van der Waals surface area contributed by atoms with Crippen LogP contribution in [0, 0.1) is 6.92 Å². The molecule has 120 valence electrons. The molecule has 7 heteroatoms. The number of aromatic nitrogens is 4. The van der Waals surface area contributed by atoms with E-state index >= 15 is 0 Å². The minimum atomic E-state index is -0.158. The molecule has 7 nitrogen and oxygen atoms in total. The first-order chi connectivity index (χ1) is 11.2. The van der Waals surface area contributed by atoms with E-state index in [4.69, 9.17) is 4.74 Å². The molecule has 1 aliphatic carbocycles. The highest BCUT2D eigenvalue weighted by molar-refractivity contribution is 5.29. The Hall–Kier alpha value is -2.28. The Balaban J connectivity index is 1.53. The summed E-state index contributed by atoms with van der Waals surface area (Å²) in [4.78, 5) is 20.8. The molecule has 0 radical (unpaired) electrons. The van der Waals surface area contributed by atoms with Crippen LogP contribution in [0.2, 0.25) is 0 Å². The zero-order valence-electron chi connectivity index (χ0n) is 13.0. The molecule has 1 N–H and O–H groups in total. The van der Waals surface area contributed by atoms with Crippen LogP contribution in [0.5, 0.6) is 0 Å². The normalized spacial score (nSPS) is 23.9. The standard InChI is InChI=1S/C16H19N5O2/c1-10-2-5-15(22)21(20-10)14-9-23-8-13(14)19-16-17-6-12(7-18-16)11-3-4-11/h2,5-7,11,13-14H,3-4,8-9H2,1H3,(H,17,18,19). The second kappa shape index (κ2) is 5.73. The van der Waals surface area contributed by atoms with Crippen molar-refractivity contribution >= 4 is 5.95 Å². The quantitative estimate of drug-likeness (QED) is 0.915. The maximum absolute atomic E-state index is 12.1. The van der Waals surface area contributed by atoms with E-state index in [2.05, 4.69) is 20.4 Å². The van der Waals surface area contributed by atoms with Gasteiger partial charge in [0.15, 0.2) is 0 Å². The molecule has 4 rings (SSSR count). The van der Waals surface area contributed by atoms with Gasteiger partial charge in [0.25, 0.3) is 5.56 Å². The fraction of sp³-hybridized carbons (Fsp3) is 0.500. The highest BCUT2D eigenvalue weighted by Crippen LogP contribution is 2.39. The van der Waals surface area contributed by atoms with Crippen LogP contribution < -0.4 is 10.9 Å². The van der Waals surface area contributed by atoms with Crippen LogP contribution in [0.3, 0.4) is 0 Å². The van der Waals surface area contributed by atoms with E-state index in [-0.39, 0.29) is 17.6 Å². The van der Waals surface area contributed by atoms with E-state index in [1.807, 2.05) is 19.3 Å². The summed E-state index contributed by atoms with van der Waals surface area (Å²) in [5.74, 6) is 1.21. The van der Waals surface area contributed by atoms with Crippen molar-refractivity contribution in [3.05, 3.63) is 46.1 Å². The number of hydrogen-bond acceptors (Lipinski definition) is 6. The third kappa shape index (κ3) is 2.96. The Bertz CT molecular complexity index is 754. The van der Waals surface area contributed by atoms with Gasteiger partial charge in [-0.3, -0.25) is 4.79 Å². The van der Waals surface area contributed by atoms with E-state index < -0.39 is 0 Å². The molecule has 2 aromatic heterocycles. The van der Waals surface area contributed by atoms with Crippen molar-refractivity contribution in [3.63, 3.8) is 0 Å². The topological polar surface area (TPSA) is 81.9 Å². The van der Waals surface area contributed by atoms with Crippen molar-refractivity contribution in [2.45, 2.75) is 37.8 Å². The molecule has 1 saturated heterocycles. The lowest BCUT2D eigenvalue weighted by atomic mass is 10.2. The third-order valence-electron chi connectivity index (χ3n) is 4.36. The van der Waals surface area contributed by atoms with Gasteiger partial charge in [-0.05, 0) is 37.3 Å². The molecule has 0 aromatic carbocycles. The molecule has 0 amide bonds. The molecule has 23 heavy (non-hydrogen) atoms. The fourth-order valence-electron chi connectivity index (χ4n) is 2.89. The van der Waals surface area contributed by atoms with Crippen molar-refractivity contribution in [1.82, 2.24) is 19.7 Å². The number of nitrogens with one attached hydrogen (secondary N) is 1. The van der Waals surface area contributed by atoms with Crippen molar-refractivity contribution in [2.24, 2.45) is 0 Å². The Morgan fingerprint density at radius 2 is 2.00 bits per heavy atom. The van der Waals surface area contributed by atoms with Crippen LogP contribution in [-0.4, -0.2) is 39.0 Å². The van der Waals surface area contributed by atoms with Crippen molar-refractivity contribution in [3.8, 4) is 0 Å². The first-order valence-corrected chi connectivity index (χ1v) is 7.93. The number of hydrogen-bond donors (Lipinski definition) is 1. The van der Waals surface area contributed by atoms with E-state index in [0.29, 0.717) is 25.1 Å². The fourth-order valence-corrected chi connectivity index (χ4v) is 2.89. The van der Waals surface area contributed by atoms with Crippen LogP contribution in [0.25, 0.3) is 0 Å². The highest BCUT2D eigenvalue weighted by Gasteiger charge is 2.32. The smallest absolute Gasteiger partial charge is 0.267 e. The van der Waals surface area contributed by atoms with Gasteiger partial charge < -0.3 is 10.1 Å². The van der Waals surface area contributed by atoms with Gasteiger partial charge in [0.1, 0.15) is 6.04 Å². The first kappa shape index (κ1) is 14.3. The predicted molar refractivity (Wildman–Crippen MR) is 84.5 cm³/mol. The molecule has 1 aliphatic heterocycles. The van der Waals surface area contributed by atoms with E-state index in [1.54, 1.807) is 12.1 Å². The van der Waals surface area contributed by atoms with Crippen LogP contribution in [0.15, 0.2) is 29.3 Å². The SMILES string of the molecule is Cc1ccc(=O)n(C2COCC2Nc2ncc(C3CC3)cn2)n1. The van der Waals surface area contributed by atoms with Gasteiger partial charge >= 0.3 is 0 Å². The van der Waals surface area contributed by atoms with Gasteiger partial charge in [-0.1, -0.05) is 0 Å². The summed E-state index contributed by atoms with van der Waals surface area (Å²) < 4.78 is 7.04. The Morgan fingerprint density at radius 1 is 1.22 bits per heavy atom. The lowest BCUT2D eigenvalue weighted by Gasteiger charge is -2.20. The van der Waals surface area contributed by atoms with Gasteiger partial charge in [0, 0.05) is 18.5 Å². The average molecular weight is 313 g/mol. The maximum Gasteiger partial charge on any atom is 0.267 e. The summed E-state index contributed by atoms with van der Waals surface area (Å²) in [5, 5.41) is 7.61. The van der Waals surface area contributed by atoms with Gasteiger partial charge in [0.05, 0.1) is 24.9 Å². The molecule has 0 bridgehead atoms. The summed E-state index contributed by atoms with van der Waals surface area (Å²) in [6.07, 6.45) is 6.23. The number of anilines is 1. The second-order valence-corrected chi connectivity index (χ2v) is 6.23. The van der Waals surface area contributed by atoms with E-state index in [9.17, 15) is 4.79 Å². The monoisotopic (exact) mass is 313 g/mol. The summed E-state index contributed by atoms with van der Waals surface area (Å²) in [7, 11) is 0. The summed E-state index contributed by atoms with van der Waals surface area (Å²) in [6, 6.07) is 3.03. The molecule has 2 atom stereocenters. The lowest BCUT2D eigenvalue weighted by Crippen LogP contribution is -2.37. The predicted octanol–water partition coefficient (Wildman–Crippen LogP) is 1.27. The van der Waals surface area contributed by atoms with Gasteiger partial charge in [-0.2, -0.15) is 5.10 Å². The maximum atomic E-state index is 12.1. The molecular formula is C16H19N5O2. The zero-order valence-corrected chi connectivity index (χ0v) is 13.0. The van der Waals surface area contributed by atoms with Crippen molar-refractivity contribution < 1.29 is 4.74 Å². The van der Waals surface area contributed by atoms with Gasteiger partial charge in [-0.15, -0.1) is 0 Å². The van der Waals surface area contributed by atoms with Crippen molar-refractivity contribution in [1.29, 1.82) is 0 Å². The van der Waals surface area contributed by atoms with Gasteiger partial charge in [0.2, 0.25) is 5.95 Å². The Morgan fingerprint density at radius 3 is 2.74 bits per heavy atom.